The highest BCUT2D eigenvalue weighted by Crippen LogP contribution is 2.21. The largest absolute Gasteiger partial charge is 0.373 e. The quantitative estimate of drug-likeness (QED) is 0.824. The van der Waals surface area contributed by atoms with Crippen molar-refractivity contribution in [3.8, 4) is 6.07 Å². The van der Waals surface area contributed by atoms with Crippen LogP contribution >= 0.6 is 11.6 Å². The number of nitriles is 1. The van der Waals surface area contributed by atoms with Gasteiger partial charge in [0.05, 0.1) is 23.8 Å². The van der Waals surface area contributed by atoms with Crippen molar-refractivity contribution < 1.29 is 4.74 Å². The molecule has 96 valence electrons. The van der Waals surface area contributed by atoms with Gasteiger partial charge in [0.1, 0.15) is 0 Å². The zero-order valence-electron chi connectivity index (χ0n) is 10.7. The Balaban J connectivity index is 2.07. The Morgan fingerprint density at radius 3 is 2.61 bits per heavy atom. The van der Waals surface area contributed by atoms with Crippen molar-refractivity contribution >= 4 is 11.6 Å². The molecule has 1 saturated heterocycles. The second kappa shape index (κ2) is 5.71. The molecule has 0 unspecified atom stereocenters. The van der Waals surface area contributed by atoms with Gasteiger partial charge in [-0.3, -0.25) is 4.90 Å². The summed E-state index contributed by atoms with van der Waals surface area (Å²) in [7, 11) is 0. The second-order valence-corrected chi connectivity index (χ2v) is 5.28. The molecule has 3 nitrogen and oxygen atoms in total. The number of benzene rings is 1. The average molecular weight is 265 g/mol. The van der Waals surface area contributed by atoms with Crippen LogP contribution in [-0.4, -0.2) is 30.2 Å². The molecule has 1 fully saturated rings. The molecule has 2 rings (SSSR count). The summed E-state index contributed by atoms with van der Waals surface area (Å²) in [5, 5.41) is 9.48. The lowest BCUT2D eigenvalue weighted by Crippen LogP contribution is -2.44. The van der Waals surface area contributed by atoms with Gasteiger partial charge in [-0.25, -0.2) is 0 Å². The predicted molar refractivity (Wildman–Crippen MR) is 71.5 cm³/mol. The minimum Gasteiger partial charge on any atom is -0.373 e. The lowest BCUT2D eigenvalue weighted by Gasteiger charge is -2.35. The molecular formula is C14H17ClN2O. The summed E-state index contributed by atoms with van der Waals surface area (Å²) in [6.07, 6.45) is 0.511. The molecule has 1 aromatic rings. The first-order chi connectivity index (χ1) is 8.58. The van der Waals surface area contributed by atoms with Gasteiger partial charge in [0.15, 0.2) is 0 Å². The van der Waals surface area contributed by atoms with Gasteiger partial charge < -0.3 is 4.74 Å². The number of halogens is 1. The van der Waals surface area contributed by atoms with Gasteiger partial charge in [0.2, 0.25) is 0 Å². The minimum atomic E-state index is 0.255. The molecule has 0 aliphatic carbocycles. The van der Waals surface area contributed by atoms with E-state index in [1.807, 2.05) is 12.1 Å². The summed E-state index contributed by atoms with van der Waals surface area (Å²) in [5.41, 5.74) is 1.67. The molecule has 1 heterocycles. The molecule has 0 bridgehead atoms. The summed E-state index contributed by atoms with van der Waals surface area (Å²) in [5.74, 6) is 0. The van der Waals surface area contributed by atoms with Gasteiger partial charge in [0.25, 0.3) is 0 Å². The number of hydrogen-bond donors (Lipinski definition) is 0. The van der Waals surface area contributed by atoms with Gasteiger partial charge >= 0.3 is 0 Å². The Morgan fingerprint density at radius 2 is 2.06 bits per heavy atom. The number of ether oxygens (including phenoxy) is 1. The van der Waals surface area contributed by atoms with Crippen molar-refractivity contribution in [1.82, 2.24) is 4.90 Å². The summed E-state index contributed by atoms with van der Waals surface area (Å²) >= 11 is 6.19. The van der Waals surface area contributed by atoms with Crippen LogP contribution in [0, 0.1) is 11.3 Å². The fourth-order valence-corrected chi connectivity index (χ4v) is 2.64. The average Bonchev–Trinajstić information content (AvgIpc) is 2.30. The molecule has 2 atom stereocenters. The zero-order chi connectivity index (χ0) is 13.1. The molecule has 0 radical (unpaired) electrons. The molecule has 4 heteroatoms. The van der Waals surface area contributed by atoms with Gasteiger partial charge in [-0.05, 0) is 31.5 Å². The number of morpholine rings is 1. The van der Waals surface area contributed by atoms with Crippen LogP contribution in [0.4, 0.5) is 0 Å². The molecule has 0 amide bonds. The summed E-state index contributed by atoms with van der Waals surface area (Å²) in [4.78, 5) is 2.34. The Labute approximate surface area is 113 Å². The highest BCUT2D eigenvalue weighted by atomic mass is 35.5. The van der Waals surface area contributed by atoms with Gasteiger partial charge in [-0.2, -0.15) is 5.26 Å². The van der Waals surface area contributed by atoms with Crippen molar-refractivity contribution in [2.45, 2.75) is 32.6 Å². The van der Waals surface area contributed by atoms with Crippen molar-refractivity contribution in [3.63, 3.8) is 0 Å². The SMILES string of the molecule is C[C@@H]1CN(Cc2ccc(C#N)cc2Cl)C[C@H](C)O1. The van der Waals surface area contributed by atoms with E-state index in [4.69, 9.17) is 21.6 Å². The first-order valence-electron chi connectivity index (χ1n) is 6.15. The Morgan fingerprint density at radius 1 is 1.39 bits per heavy atom. The Bertz CT molecular complexity index is 459. The van der Waals surface area contributed by atoms with Crippen LogP contribution in [0.5, 0.6) is 0 Å². The first-order valence-corrected chi connectivity index (χ1v) is 6.52. The van der Waals surface area contributed by atoms with E-state index in [1.54, 1.807) is 6.07 Å². The molecule has 0 saturated carbocycles. The fourth-order valence-electron chi connectivity index (χ4n) is 2.40. The maximum atomic E-state index is 8.81. The minimum absolute atomic E-state index is 0.255. The standard InChI is InChI=1S/C14H17ClN2O/c1-10-7-17(8-11(2)18-10)9-13-4-3-12(6-16)5-14(13)15/h3-5,10-11H,7-9H2,1-2H3/t10-,11+. The van der Waals surface area contributed by atoms with Crippen molar-refractivity contribution in [2.24, 2.45) is 0 Å². The summed E-state index contributed by atoms with van der Waals surface area (Å²) in [6.45, 7) is 6.82. The summed E-state index contributed by atoms with van der Waals surface area (Å²) in [6, 6.07) is 7.57. The normalized spacial score (nSPS) is 24.8. The monoisotopic (exact) mass is 264 g/mol. The van der Waals surface area contributed by atoms with Gasteiger partial charge in [0, 0.05) is 24.7 Å². The third-order valence-electron chi connectivity index (χ3n) is 3.07. The van der Waals surface area contributed by atoms with E-state index < -0.39 is 0 Å². The topological polar surface area (TPSA) is 36.3 Å². The maximum Gasteiger partial charge on any atom is 0.0992 e. The van der Waals surface area contributed by atoms with Crippen LogP contribution in [0.1, 0.15) is 25.0 Å². The highest BCUT2D eigenvalue weighted by molar-refractivity contribution is 6.31. The van der Waals surface area contributed by atoms with Crippen LogP contribution in [0.2, 0.25) is 5.02 Å². The zero-order valence-corrected chi connectivity index (χ0v) is 11.4. The van der Waals surface area contributed by atoms with E-state index in [0.29, 0.717) is 10.6 Å². The van der Waals surface area contributed by atoms with Crippen LogP contribution < -0.4 is 0 Å². The summed E-state index contributed by atoms with van der Waals surface area (Å²) < 4.78 is 5.70. The van der Waals surface area contributed by atoms with E-state index in [0.717, 1.165) is 25.2 Å². The van der Waals surface area contributed by atoms with Crippen molar-refractivity contribution in [3.05, 3.63) is 34.3 Å². The van der Waals surface area contributed by atoms with Crippen molar-refractivity contribution in [2.75, 3.05) is 13.1 Å². The first kappa shape index (κ1) is 13.4. The van der Waals surface area contributed by atoms with Crippen molar-refractivity contribution in [1.29, 1.82) is 5.26 Å². The van der Waals surface area contributed by atoms with Crippen LogP contribution in [-0.2, 0) is 11.3 Å². The number of nitrogens with zero attached hydrogens (tertiary/aromatic N) is 2. The highest BCUT2D eigenvalue weighted by Gasteiger charge is 2.22. The smallest absolute Gasteiger partial charge is 0.0992 e. The van der Waals surface area contributed by atoms with Crippen LogP contribution in [0.15, 0.2) is 18.2 Å². The molecule has 0 spiro atoms. The molecule has 1 aliphatic rings. The second-order valence-electron chi connectivity index (χ2n) is 4.87. The fraction of sp³-hybridized carbons (Fsp3) is 0.500. The van der Waals surface area contributed by atoms with E-state index >= 15 is 0 Å². The van der Waals surface area contributed by atoms with E-state index in [9.17, 15) is 0 Å². The Kier molecular flexibility index (Phi) is 4.23. The maximum absolute atomic E-state index is 8.81. The molecule has 1 aliphatic heterocycles. The third kappa shape index (κ3) is 3.23. The molecule has 0 N–H and O–H groups in total. The number of rotatable bonds is 2. The Hall–Kier alpha value is -1.08. The molecular weight excluding hydrogens is 248 g/mol. The third-order valence-corrected chi connectivity index (χ3v) is 3.42. The van der Waals surface area contributed by atoms with E-state index in [-0.39, 0.29) is 12.2 Å². The molecule has 1 aromatic carbocycles. The van der Waals surface area contributed by atoms with E-state index in [1.165, 1.54) is 0 Å². The lowest BCUT2D eigenvalue weighted by atomic mass is 10.1. The van der Waals surface area contributed by atoms with Gasteiger partial charge in [-0.1, -0.05) is 17.7 Å². The van der Waals surface area contributed by atoms with Gasteiger partial charge in [-0.15, -0.1) is 0 Å². The van der Waals surface area contributed by atoms with Crippen LogP contribution in [0.3, 0.4) is 0 Å². The molecule has 18 heavy (non-hydrogen) atoms. The predicted octanol–water partition coefficient (Wildman–Crippen LogP) is 2.82. The number of hydrogen-bond acceptors (Lipinski definition) is 3. The van der Waals surface area contributed by atoms with Crippen LogP contribution in [0.25, 0.3) is 0 Å². The van der Waals surface area contributed by atoms with E-state index in [2.05, 4.69) is 24.8 Å². The molecule has 0 aromatic heterocycles. The lowest BCUT2D eigenvalue weighted by molar-refractivity contribution is -0.0704.